The predicted octanol–water partition coefficient (Wildman–Crippen LogP) is 2.71. The lowest BCUT2D eigenvalue weighted by atomic mass is 9.95. The quantitative estimate of drug-likeness (QED) is 0.629. The first kappa shape index (κ1) is 18.8. The SMILES string of the molecule is CCS(=O)C1CCCC(NC(=NC)NCc2cc(F)ccc2F)C1. The number of benzene rings is 1. The Labute approximate surface area is 144 Å². The molecule has 7 heteroatoms. The van der Waals surface area contributed by atoms with Crippen molar-refractivity contribution in [2.75, 3.05) is 12.8 Å². The Morgan fingerprint density at radius 1 is 1.38 bits per heavy atom. The fourth-order valence-corrected chi connectivity index (χ4v) is 4.34. The number of guanidine groups is 1. The van der Waals surface area contributed by atoms with Crippen molar-refractivity contribution in [1.29, 1.82) is 0 Å². The molecule has 2 N–H and O–H groups in total. The van der Waals surface area contributed by atoms with Crippen LogP contribution in [0.4, 0.5) is 8.78 Å². The van der Waals surface area contributed by atoms with E-state index in [4.69, 9.17) is 0 Å². The molecule has 1 aromatic rings. The summed E-state index contributed by atoms with van der Waals surface area (Å²) in [7, 11) is 0.859. The standard InChI is InChI=1S/C17H25F2N3OS/c1-3-24(23)15-6-4-5-14(10-15)22-17(20-2)21-11-12-9-13(18)7-8-16(12)19/h7-9,14-15H,3-6,10-11H2,1-2H3,(H2,20,21,22). The molecule has 1 saturated carbocycles. The van der Waals surface area contributed by atoms with Crippen LogP contribution in [0.25, 0.3) is 0 Å². The van der Waals surface area contributed by atoms with Gasteiger partial charge in [-0.2, -0.15) is 0 Å². The molecule has 1 fully saturated rings. The lowest BCUT2D eigenvalue weighted by Gasteiger charge is -2.30. The van der Waals surface area contributed by atoms with Crippen LogP contribution in [0.15, 0.2) is 23.2 Å². The molecule has 0 saturated heterocycles. The lowest BCUT2D eigenvalue weighted by molar-refractivity contribution is 0.413. The maximum absolute atomic E-state index is 13.7. The highest BCUT2D eigenvalue weighted by atomic mass is 32.2. The van der Waals surface area contributed by atoms with Gasteiger partial charge in [0.15, 0.2) is 5.96 Å². The van der Waals surface area contributed by atoms with Crippen molar-refractivity contribution < 1.29 is 13.0 Å². The van der Waals surface area contributed by atoms with Gasteiger partial charge in [0, 0.05) is 47.0 Å². The molecule has 3 atom stereocenters. The molecule has 1 aliphatic rings. The van der Waals surface area contributed by atoms with Crippen LogP contribution in [-0.4, -0.2) is 34.3 Å². The zero-order valence-corrected chi connectivity index (χ0v) is 15.0. The van der Waals surface area contributed by atoms with Crippen molar-refractivity contribution >= 4 is 16.8 Å². The molecular weight excluding hydrogens is 332 g/mol. The second-order valence-corrected chi connectivity index (χ2v) is 7.97. The molecule has 3 unspecified atom stereocenters. The van der Waals surface area contributed by atoms with Crippen LogP contribution in [0.5, 0.6) is 0 Å². The average Bonchev–Trinajstić information content (AvgIpc) is 2.60. The van der Waals surface area contributed by atoms with Gasteiger partial charge in [0.1, 0.15) is 11.6 Å². The van der Waals surface area contributed by atoms with Crippen molar-refractivity contribution in [2.24, 2.45) is 4.99 Å². The fraction of sp³-hybridized carbons (Fsp3) is 0.588. The van der Waals surface area contributed by atoms with Gasteiger partial charge in [0.25, 0.3) is 0 Å². The van der Waals surface area contributed by atoms with Gasteiger partial charge < -0.3 is 10.6 Å². The van der Waals surface area contributed by atoms with E-state index in [2.05, 4.69) is 15.6 Å². The zero-order chi connectivity index (χ0) is 17.5. The normalized spacial score (nSPS) is 22.9. The molecule has 1 aromatic carbocycles. The second-order valence-electron chi connectivity index (χ2n) is 5.96. The van der Waals surface area contributed by atoms with Crippen molar-refractivity contribution in [2.45, 2.75) is 50.4 Å². The van der Waals surface area contributed by atoms with E-state index < -0.39 is 22.4 Å². The number of hydrogen-bond acceptors (Lipinski definition) is 2. The summed E-state index contributed by atoms with van der Waals surface area (Å²) in [6.45, 7) is 2.10. The van der Waals surface area contributed by atoms with E-state index in [0.717, 1.165) is 37.8 Å². The average molecular weight is 357 g/mol. The third-order valence-corrected chi connectivity index (χ3v) is 6.04. The van der Waals surface area contributed by atoms with Crippen molar-refractivity contribution in [1.82, 2.24) is 10.6 Å². The number of hydrogen-bond donors (Lipinski definition) is 2. The van der Waals surface area contributed by atoms with Gasteiger partial charge in [-0.15, -0.1) is 0 Å². The van der Waals surface area contributed by atoms with Crippen molar-refractivity contribution in [3.8, 4) is 0 Å². The highest BCUT2D eigenvalue weighted by molar-refractivity contribution is 7.85. The Bertz CT molecular complexity index is 609. The third kappa shape index (κ3) is 5.26. The Balaban J connectivity index is 1.90. The maximum atomic E-state index is 13.7. The maximum Gasteiger partial charge on any atom is 0.191 e. The molecule has 134 valence electrons. The first-order valence-corrected chi connectivity index (χ1v) is 9.70. The summed E-state index contributed by atoms with van der Waals surface area (Å²) in [6.07, 6.45) is 3.87. The molecular formula is C17H25F2N3OS. The topological polar surface area (TPSA) is 53.5 Å². The van der Waals surface area contributed by atoms with Gasteiger partial charge >= 0.3 is 0 Å². The number of aliphatic imine (C=N–C) groups is 1. The Morgan fingerprint density at radius 2 is 2.17 bits per heavy atom. The van der Waals surface area contributed by atoms with Gasteiger partial charge in [-0.1, -0.05) is 13.3 Å². The van der Waals surface area contributed by atoms with E-state index in [9.17, 15) is 13.0 Å². The van der Waals surface area contributed by atoms with Crippen molar-refractivity contribution in [3.05, 3.63) is 35.4 Å². The fourth-order valence-electron chi connectivity index (χ4n) is 3.00. The molecule has 1 aliphatic carbocycles. The summed E-state index contributed by atoms with van der Waals surface area (Å²) in [4.78, 5) is 4.14. The molecule has 4 nitrogen and oxygen atoms in total. The van der Waals surface area contributed by atoms with Crippen LogP contribution < -0.4 is 10.6 Å². The summed E-state index contributed by atoms with van der Waals surface area (Å²) in [5.41, 5.74) is 0.256. The van der Waals surface area contributed by atoms with Crippen LogP contribution in [-0.2, 0) is 17.3 Å². The van der Waals surface area contributed by atoms with Gasteiger partial charge in [-0.25, -0.2) is 8.78 Å². The number of nitrogens with zero attached hydrogens (tertiary/aromatic N) is 1. The largest absolute Gasteiger partial charge is 0.354 e. The van der Waals surface area contributed by atoms with Crippen molar-refractivity contribution in [3.63, 3.8) is 0 Å². The van der Waals surface area contributed by atoms with Crippen LogP contribution in [0.2, 0.25) is 0 Å². The lowest BCUT2D eigenvalue weighted by Crippen LogP contribution is -2.46. The smallest absolute Gasteiger partial charge is 0.191 e. The summed E-state index contributed by atoms with van der Waals surface area (Å²) in [6, 6.07) is 3.59. The molecule has 0 heterocycles. The van der Waals surface area contributed by atoms with Crippen LogP contribution >= 0.6 is 0 Å². The van der Waals surface area contributed by atoms with Crippen LogP contribution in [0, 0.1) is 11.6 Å². The third-order valence-electron chi connectivity index (χ3n) is 4.30. The van der Waals surface area contributed by atoms with E-state index in [1.54, 1.807) is 7.05 Å². The molecule has 24 heavy (non-hydrogen) atoms. The van der Waals surface area contributed by atoms with E-state index in [1.165, 1.54) is 6.07 Å². The first-order chi connectivity index (χ1) is 11.5. The number of nitrogens with one attached hydrogen (secondary N) is 2. The van der Waals surface area contributed by atoms with E-state index in [1.807, 2.05) is 6.92 Å². The van der Waals surface area contributed by atoms with Crippen LogP contribution in [0.1, 0.15) is 38.2 Å². The van der Waals surface area contributed by atoms with E-state index in [-0.39, 0.29) is 23.4 Å². The monoisotopic (exact) mass is 357 g/mol. The molecule has 0 spiro atoms. The van der Waals surface area contributed by atoms with Gasteiger partial charge in [0.2, 0.25) is 0 Å². The molecule has 0 aromatic heterocycles. The summed E-state index contributed by atoms with van der Waals surface area (Å²) >= 11 is 0. The number of rotatable bonds is 5. The molecule has 2 rings (SSSR count). The highest BCUT2D eigenvalue weighted by Crippen LogP contribution is 2.23. The molecule has 0 bridgehead atoms. The van der Waals surface area contributed by atoms with E-state index >= 15 is 0 Å². The first-order valence-electron chi connectivity index (χ1n) is 8.31. The summed E-state index contributed by atoms with van der Waals surface area (Å²) in [5, 5.41) is 6.54. The minimum Gasteiger partial charge on any atom is -0.354 e. The Morgan fingerprint density at radius 3 is 2.88 bits per heavy atom. The minimum absolute atomic E-state index is 0.153. The van der Waals surface area contributed by atoms with Gasteiger partial charge in [-0.05, 0) is 37.5 Å². The van der Waals surface area contributed by atoms with Gasteiger partial charge in [-0.3, -0.25) is 9.20 Å². The zero-order valence-electron chi connectivity index (χ0n) is 14.1. The molecule has 0 amide bonds. The summed E-state index contributed by atoms with van der Waals surface area (Å²) < 4.78 is 38.9. The predicted molar refractivity (Wildman–Crippen MR) is 94.4 cm³/mol. The van der Waals surface area contributed by atoms with Gasteiger partial charge in [0.05, 0.1) is 0 Å². The molecule has 0 radical (unpaired) electrons. The Kier molecular flexibility index (Phi) is 7.15. The highest BCUT2D eigenvalue weighted by Gasteiger charge is 2.26. The minimum atomic E-state index is -0.782. The Hall–Kier alpha value is -1.50. The summed E-state index contributed by atoms with van der Waals surface area (Å²) in [5.74, 6) is 0.318. The number of halogens is 2. The second kappa shape index (κ2) is 9.11. The molecule has 0 aliphatic heterocycles. The van der Waals surface area contributed by atoms with Crippen LogP contribution in [0.3, 0.4) is 0 Å². The van der Waals surface area contributed by atoms with E-state index in [0.29, 0.717) is 11.7 Å².